The van der Waals surface area contributed by atoms with E-state index < -0.39 is 11.6 Å². The van der Waals surface area contributed by atoms with E-state index in [-0.39, 0.29) is 12.4 Å². The summed E-state index contributed by atoms with van der Waals surface area (Å²) in [5.74, 6) is -0.946. The zero-order valence-electron chi connectivity index (χ0n) is 9.71. The molecule has 1 aromatic carbocycles. The van der Waals surface area contributed by atoms with E-state index >= 15 is 0 Å². The number of nitriles is 1. The first-order valence-corrected chi connectivity index (χ1v) is 5.09. The monoisotopic (exact) mass is 245 g/mol. The molecule has 0 radical (unpaired) electrons. The minimum atomic E-state index is -0.662. The van der Waals surface area contributed by atoms with Crippen molar-refractivity contribution in [1.29, 1.82) is 5.26 Å². The number of hydrogen-bond acceptors (Lipinski definition) is 5. The first kappa shape index (κ1) is 13.4. The molecule has 0 unspecified atom stereocenters. The van der Waals surface area contributed by atoms with Crippen molar-refractivity contribution in [2.75, 3.05) is 13.7 Å². The molecule has 0 saturated heterocycles. The van der Waals surface area contributed by atoms with Crippen LogP contribution in [0.5, 0.6) is 0 Å². The Hall–Kier alpha value is -2.68. The van der Waals surface area contributed by atoms with Crippen LogP contribution in [0.3, 0.4) is 0 Å². The smallest absolute Gasteiger partial charge is 0.284 e. The van der Waals surface area contributed by atoms with Crippen molar-refractivity contribution < 1.29 is 14.4 Å². The molecule has 18 heavy (non-hydrogen) atoms. The highest BCUT2D eigenvalue weighted by molar-refractivity contribution is 6.44. The van der Waals surface area contributed by atoms with Gasteiger partial charge >= 0.3 is 0 Å². The molecule has 1 N–H and O–H groups in total. The molecule has 0 aliphatic rings. The van der Waals surface area contributed by atoms with Gasteiger partial charge in [0.2, 0.25) is 11.5 Å². The fourth-order valence-electron chi connectivity index (χ4n) is 1.09. The number of carbonyl (C=O) groups excluding carboxylic acids is 2. The molecule has 0 bridgehead atoms. The second kappa shape index (κ2) is 6.81. The van der Waals surface area contributed by atoms with Gasteiger partial charge in [-0.2, -0.15) is 5.26 Å². The quantitative estimate of drug-likeness (QED) is 0.465. The summed E-state index contributed by atoms with van der Waals surface area (Å²) in [6.07, 6.45) is 0. The lowest BCUT2D eigenvalue weighted by molar-refractivity contribution is -0.114. The molecule has 0 aromatic heterocycles. The molecule has 1 amide bonds. The number of amides is 1. The van der Waals surface area contributed by atoms with Crippen LogP contribution in [0.15, 0.2) is 35.5 Å². The predicted octanol–water partition coefficient (Wildman–Crippen LogP) is 0.511. The van der Waals surface area contributed by atoms with Crippen LogP contribution in [0.4, 0.5) is 0 Å². The summed E-state index contributed by atoms with van der Waals surface area (Å²) in [5, 5.41) is 14.1. The number of nitrogens with zero attached hydrogens (tertiary/aromatic N) is 2. The summed E-state index contributed by atoms with van der Waals surface area (Å²) in [4.78, 5) is 27.3. The van der Waals surface area contributed by atoms with E-state index in [9.17, 15) is 9.59 Å². The SMILES string of the molecule is CNC(=O)/C(C#N)=N\OCC(=O)c1ccccc1. The second-order valence-corrected chi connectivity index (χ2v) is 3.19. The number of carbonyl (C=O) groups is 2. The number of ketones is 1. The summed E-state index contributed by atoms with van der Waals surface area (Å²) >= 11 is 0. The lowest BCUT2D eigenvalue weighted by atomic mass is 10.1. The van der Waals surface area contributed by atoms with Gasteiger partial charge in [-0.05, 0) is 0 Å². The Morgan fingerprint density at radius 3 is 2.61 bits per heavy atom. The van der Waals surface area contributed by atoms with E-state index in [2.05, 4.69) is 15.3 Å². The van der Waals surface area contributed by atoms with Gasteiger partial charge in [-0.3, -0.25) is 9.59 Å². The van der Waals surface area contributed by atoms with Gasteiger partial charge in [-0.1, -0.05) is 35.5 Å². The average molecular weight is 245 g/mol. The van der Waals surface area contributed by atoms with Gasteiger partial charge in [0.05, 0.1) is 0 Å². The van der Waals surface area contributed by atoms with Gasteiger partial charge in [-0.15, -0.1) is 0 Å². The maximum Gasteiger partial charge on any atom is 0.284 e. The van der Waals surface area contributed by atoms with E-state index in [0.717, 1.165) is 0 Å². The minimum absolute atomic E-state index is 0.284. The molecule has 0 spiro atoms. The molecule has 92 valence electrons. The van der Waals surface area contributed by atoms with Crippen molar-refractivity contribution in [3.8, 4) is 6.07 Å². The van der Waals surface area contributed by atoms with Crippen LogP contribution in [-0.4, -0.2) is 31.1 Å². The summed E-state index contributed by atoms with van der Waals surface area (Å²) in [6, 6.07) is 10.1. The van der Waals surface area contributed by atoms with Crippen LogP contribution in [0.1, 0.15) is 10.4 Å². The number of benzene rings is 1. The Labute approximate surface area is 104 Å². The third-order valence-electron chi connectivity index (χ3n) is 2.00. The maximum atomic E-state index is 11.6. The van der Waals surface area contributed by atoms with Crippen LogP contribution < -0.4 is 5.32 Å². The first-order chi connectivity index (χ1) is 8.69. The highest BCUT2D eigenvalue weighted by Crippen LogP contribution is 2.00. The van der Waals surface area contributed by atoms with Gasteiger partial charge in [0.1, 0.15) is 6.07 Å². The summed E-state index contributed by atoms with van der Waals surface area (Å²) in [7, 11) is 1.37. The maximum absolute atomic E-state index is 11.6. The van der Waals surface area contributed by atoms with E-state index in [1.54, 1.807) is 36.4 Å². The standard InChI is InChI=1S/C12H11N3O3/c1-14-12(17)10(7-13)15-18-8-11(16)9-5-3-2-4-6-9/h2-6H,8H2,1H3,(H,14,17)/b15-10-. The number of oxime groups is 1. The first-order valence-electron chi connectivity index (χ1n) is 5.09. The Bertz CT molecular complexity index is 503. The van der Waals surface area contributed by atoms with Crippen molar-refractivity contribution in [2.45, 2.75) is 0 Å². The summed E-state index contributed by atoms with van der Waals surface area (Å²) in [5.41, 5.74) is 0.0458. The Balaban J connectivity index is 2.57. The van der Waals surface area contributed by atoms with E-state index in [1.165, 1.54) is 7.05 Å². The molecule has 0 saturated carbocycles. The highest BCUT2D eigenvalue weighted by atomic mass is 16.6. The zero-order chi connectivity index (χ0) is 13.4. The van der Waals surface area contributed by atoms with Crippen LogP contribution in [-0.2, 0) is 9.63 Å². The molecular weight excluding hydrogens is 234 g/mol. The molecule has 0 atom stereocenters. The fraction of sp³-hybridized carbons (Fsp3) is 0.167. The third-order valence-corrected chi connectivity index (χ3v) is 2.00. The van der Waals surface area contributed by atoms with Gasteiger partial charge in [0.25, 0.3) is 5.91 Å². The van der Waals surface area contributed by atoms with Gasteiger partial charge in [0.15, 0.2) is 6.61 Å². The van der Waals surface area contributed by atoms with Crippen molar-refractivity contribution in [3.63, 3.8) is 0 Å². The molecule has 0 aliphatic heterocycles. The van der Waals surface area contributed by atoms with Gasteiger partial charge in [-0.25, -0.2) is 0 Å². The normalized spacial score (nSPS) is 10.3. The van der Waals surface area contributed by atoms with Gasteiger partial charge in [0, 0.05) is 12.6 Å². The summed E-state index contributed by atoms with van der Waals surface area (Å²) < 4.78 is 0. The zero-order valence-corrected chi connectivity index (χ0v) is 9.71. The molecule has 1 aromatic rings. The number of rotatable bonds is 5. The average Bonchev–Trinajstić information content (AvgIpc) is 2.43. The minimum Gasteiger partial charge on any atom is -0.386 e. The molecular formula is C12H11N3O3. The number of hydrogen-bond donors (Lipinski definition) is 1. The van der Waals surface area contributed by atoms with Gasteiger partial charge < -0.3 is 10.2 Å². The molecule has 6 nitrogen and oxygen atoms in total. The molecule has 6 heteroatoms. The number of nitrogens with one attached hydrogen (secondary N) is 1. The molecule has 0 aliphatic carbocycles. The van der Waals surface area contributed by atoms with E-state index in [1.807, 2.05) is 0 Å². The summed E-state index contributed by atoms with van der Waals surface area (Å²) in [6.45, 7) is -0.327. The van der Waals surface area contributed by atoms with Crippen LogP contribution in [0.25, 0.3) is 0 Å². The van der Waals surface area contributed by atoms with Crippen LogP contribution in [0, 0.1) is 11.3 Å². The van der Waals surface area contributed by atoms with Crippen LogP contribution >= 0.6 is 0 Å². The Kier molecular flexibility index (Phi) is 5.06. The van der Waals surface area contributed by atoms with Crippen molar-refractivity contribution in [3.05, 3.63) is 35.9 Å². The highest BCUT2D eigenvalue weighted by Gasteiger charge is 2.10. The van der Waals surface area contributed by atoms with E-state index in [0.29, 0.717) is 5.56 Å². The predicted molar refractivity (Wildman–Crippen MR) is 63.8 cm³/mol. The van der Waals surface area contributed by atoms with Crippen molar-refractivity contribution in [1.82, 2.24) is 5.32 Å². The second-order valence-electron chi connectivity index (χ2n) is 3.19. The topological polar surface area (TPSA) is 91.6 Å². The largest absolute Gasteiger partial charge is 0.386 e. The fourth-order valence-corrected chi connectivity index (χ4v) is 1.09. The lowest BCUT2D eigenvalue weighted by Crippen LogP contribution is -2.26. The number of Topliss-reactive ketones (excluding diaryl/α,β-unsaturated/α-hetero) is 1. The molecule has 0 heterocycles. The van der Waals surface area contributed by atoms with Crippen molar-refractivity contribution >= 4 is 17.4 Å². The third kappa shape index (κ3) is 3.72. The Morgan fingerprint density at radius 2 is 2.06 bits per heavy atom. The van der Waals surface area contributed by atoms with Crippen LogP contribution in [0.2, 0.25) is 0 Å². The Morgan fingerprint density at radius 1 is 1.39 bits per heavy atom. The van der Waals surface area contributed by atoms with Crippen molar-refractivity contribution in [2.24, 2.45) is 5.16 Å². The van der Waals surface area contributed by atoms with E-state index in [4.69, 9.17) is 5.26 Å². The molecule has 1 rings (SSSR count). The molecule has 0 fully saturated rings. The lowest BCUT2D eigenvalue weighted by Gasteiger charge is -2.00.